The zero-order valence-corrected chi connectivity index (χ0v) is 10.4. The van der Waals surface area contributed by atoms with Crippen LogP contribution in [0.2, 0.25) is 0 Å². The van der Waals surface area contributed by atoms with E-state index >= 15 is 0 Å². The fourth-order valence-corrected chi connectivity index (χ4v) is 2.00. The summed E-state index contributed by atoms with van der Waals surface area (Å²) in [6, 6.07) is 6.30. The molecule has 3 N–H and O–H groups in total. The van der Waals surface area contributed by atoms with Gasteiger partial charge in [-0.1, -0.05) is 12.1 Å². The SMILES string of the molecule is CN=CC(=CN)c1ccc2c(C)c(C)[nH]c2c1. The second-order valence-corrected chi connectivity index (χ2v) is 4.14. The molecule has 1 aromatic heterocycles. The summed E-state index contributed by atoms with van der Waals surface area (Å²) in [5.74, 6) is 0. The van der Waals surface area contributed by atoms with E-state index in [1.807, 2.05) is 0 Å². The summed E-state index contributed by atoms with van der Waals surface area (Å²) < 4.78 is 0. The van der Waals surface area contributed by atoms with E-state index in [-0.39, 0.29) is 0 Å². The minimum atomic E-state index is 0.930. The minimum Gasteiger partial charge on any atom is -0.404 e. The van der Waals surface area contributed by atoms with Crippen molar-refractivity contribution in [2.75, 3.05) is 7.05 Å². The van der Waals surface area contributed by atoms with Gasteiger partial charge in [0.05, 0.1) is 0 Å². The highest BCUT2D eigenvalue weighted by atomic mass is 14.7. The fourth-order valence-electron chi connectivity index (χ4n) is 2.00. The molecule has 0 saturated heterocycles. The standard InChI is InChI=1S/C14H17N3/c1-9-10(2)17-14-6-11(4-5-13(9)14)12(7-15)8-16-3/h4-8,17H,15H2,1-3H3. The quantitative estimate of drug-likeness (QED) is 0.761. The van der Waals surface area contributed by atoms with E-state index < -0.39 is 0 Å². The molecule has 0 radical (unpaired) electrons. The van der Waals surface area contributed by atoms with E-state index in [2.05, 4.69) is 42.0 Å². The molecule has 3 nitrogen and oxygen atoms in total. The number of rotatable bonds is 2. The van der Waals surface area contributed by atoms with Crippen LogP contribution < -0.4 is 5.73 Å². The smallest absolute Gasteiger partial charge is 0.0465 e. The molecule has 0 fully saturated rings. The molecule has 0 bridgehead atoms. The molecule has 1 aromatic carbocycles. The molecule has 0 unspecified atom stereocenters. The van der Waals surface area contributed by atoms with Crippen molar-refractivity contribution in [1.82, 2.24) is 4.98 Å². The first-order valence-corrected chi connectivity index (χ1v) is 5.60. The number of nitrogens with one attached hydrogen (secondary N) is 1. The molecule has 0 atom stereocenters. The van der Waals surface area contributed by atoms with Gasteiger partial charge in [-0.05, 0) is 31.0 Å². The van der Waals surface area contributed by atoms with Crippen molar-refractivity contribution in [3.8, 4) is 0 Å². The Morgan fingerprint density at radius 1 is 1.35 bits per heavy atom. The normalized spacial score (nSPS) is 12.8. The summed E-state index contributed by atoms with van der Waals surface area (Å²) in [6.07, 6.45) is 3.35. The molecule has 88 valence electrons. The molecule has 3 heteroatoms. The zero-order valence-electron chi connectivity index (χ0n) is 10.4. The second-order valence-electron chi connectivity index (χ2n) is 4.14. The first-order chi connectivity index (χ1) is 8.17. The number of allylic oxidation sites excluding steroid dienone is 1. The van der Waals surface area contributed by atoms with Crippen LogP contribution in [-0.2, 0) is 0 Å². The molecule has 0 amide bonds. The Labute approximate surface area is 101 Å². The Balaban J connectivity index is 2.59. The van der Waals surface area contributed by atoms with E-state index in [0.29, 0.717) is 0 Å². The molecule has 2 aromatic rings. The van der Waals surface area contributed by atoms with Crippen molar-refractivity contribution in [1.29, 1.82) is 0 Å². The van der Waals surface area contributed by atoms with Gasteiger partial charge in [0, 0.05) is 41.6 Å². The Bertz CT molecular complexity index is 603. The van der Waals surface area contributed by atoms with Gasteiger partial charge in [0.15, 0.2) is 0 Å². The molecule has 0 saturated carbocycles. The van der Waals surface area contributed by atoms with Gasteiger partial charge < -0.3 is 10.7 Å². The van der Waals surface area contributed by atoms with E-state index in [1.54, 1.807) is 19.5 Å². The molecule has 1 heterocycles. The first kappa shape index (κ1) is 11.5. The van der Waals surface area contributed by atoms with Crippen molar-refractivity contribution in [2.24, 2.45) is 10.7 Å². The second kappa shape index (κ2) is 4.45. The lowest BCUT2D eigenvalue weighted by Gasteiger charge is -2.01. The summed E-state index contributed by atoms with van der Waals surface area (Å²) in [7, 11) is 1.74. The highest BCUT2D eigenvalue weighted by Crippen LogP contribution is 2.24. The van der Waals surface area contributed by atoms with Crippen LogP contribution >= 0.6 is 0 Å². The first-order valence-electron chi connectivity index (χ1n) is 5.60. The number of hydrogen-bond acceptors (Lipinski definition) is 2. The zero-order chi connectivity index (χ0) is 12.4. The van der Waals surface area contributed by atoms with Crippen LogP contribution in [0.3, 0.4) is 0 Å². The summed E-state index contributed by atoms with van der Waals surface area (Å²) >= 11 is 0. The van der Waals surface area contributed by atoms with Gasteiger partial charge >= 0.3 is 0 Å². The van der Waals surface area contributed by atoms with Gasteiger partial charge in [-0.3, -0.25) is 4.99 Å². The van der Waals surface area contributed by atoms with E-state index in [4.69, 9.17) is 5.73 Å². The third kappa shape index (κ3) is 1.96. The maximum Gasteiger partial charge on any atom is 0.0465 e. The number of H-pyrrole nitrogens is 1. The maximum absolute atomic E-state index is 5.61. The Morgan fingerprint density at radius 3 is 2.76 bits per heavy atom. The van der Waals surface area contributed by atoms with Gasteiger partial charge in [-0.25, -0.2) is 0 Å². The third-order valence-electron chi connectivity index (χ3n) is 3.09. The number of fused-ring (bicyclic) bond motifs is 1. The number of benzene rings is 1. The van der Waals surface area contributed by atoms with Crippen molar-refractivity contribution in [3.05, 3.63) is 41.2 Å². The highest BCUT2D eigenvalue weighted by molar-refractivity contribution is 6.10. The van der Waals surface area contributed by atoms with Gasteiger partial charge in [-0.15, -0.1) is 0 Å². The van der Waals surface area contributed by atoms with Gasteiger partial charge in [-0.2, -0.15) is 0 Å². The maximum atomic E-state index is 5.61. The molecular weight excluding hydrogens is 210 g/mol. The number of nitrogens with zero attached hydrogens (tertiary/aromatic N) is 1. The molecule has 0 spiro atoms. The summed E-state index contributed by atoms with van der Waals surface area (Å²) in [4.78, 5) is 7.38. The lowest BCUT2D eigenvalue weighted by molar-refractivity contribution is 1.25. The highest BCUT2D eigenvalue weighted by Gasteiger charge is 2.06. The lowest BCUT2D eigenvalue weighted by atomic mass is 10.0. The van der Waals surface area contributed by atoms with E-state index in [9.17, 15) is 0 Å². The van der Waals surface area contributed by atoms with Crippen LogP contribution in [0.1, 0.15) is 16.8 Å². The van der Waals surface area contributed by atoms with Crippen molar-refractivity contribution >= 4 is 22.7 Å². The molecular formula is C14H17N3. The van der Waals surface area contributed by atoms with E-state index in [0.717, 1.165) is 16.7 Å². The van der Waals surface area contributed by atoms with Crippen molar-refractivity contribution < 1.29 is 0 Å². The topological polar surface area (TPSA) is 54.2 Å². The molecule has 17 heavy (non-hydrogen) atoms. The number of aliphatic imine (C=N–C) groups is 1. The van der Waals surface area contributed by atoms with Crippen molar-refractivity contribution in [2.45, 2.75) is 13.8 Å². The van der Waals surface area contributed by atoms with Crippen LogP contribution in [0, 0.1) is 13.8 Å². The van der Waals surface area contributed by atoms with Gasteiger partial charge in [0.25, 0.3) is 0 Å². The number of aromatic nitrogens is 1. The summed E-state index contributed by atoms with van der Waals surface area (Å²) in [5.41, 5.74) is 11.3. The minimum absolute atomic E-state index is 0.930. The number of aryl methyl sites for hydroxylation is 2. The van der Waals surface area contributed by atoms with E-state index in [1.165, 1.54) is 16.6 Å². The Morgan fingerprint density at radius 2 is 2.12 bits per heavy atom. The largest absolute Gasteiger partial charge is 0.404 e. The number of hydrogen-bond donors (Lipinski definition) is 2. The van der Waals surface area contributed by atoms with Gasteiger partial charge in [0.1, 0.15) is 0 Å². The monoisotopic (exact) mass is 227 g/mol. The van der Waals surface area contributed by atoms with Crippen molar-refractivity contribution in [3.63, 3.8) is 0 Å². The average molecular weight is 227 g/mol. The summed E-state index contributed by atoms with van der Waals surface area (Å²) in [5, 5.41) is 1.26. The molecule has 0 aliphatic carbocycles. The number of nitrogens with two attached hydrogens (primary N) is 1. The Kier molecular flexibility index (Phi) is 3.00. The lowest BCUT2D eigenvalue weighted by Crippen LogP contribution is -1.91. The van der Waals surface area contributed by atoms with Crippen LogP contribution in [0.25, 0.3) is 16.5 Å². The number of aromatic amines is 1. The van der Waals surface area contributed by atoms with Crippen LogP contribution in [0.15, 0.2) is 29.4 Å². The Hall–Kier alpha value is -2.03. The predicted molar refractivity (Wildman–Crippen MR) is 74.4 cm³/mol. The van der Waals surface area contributed by atoms with Crippen LogP contribution in [0.4, 0.5) is 0 Å². The van der Waals surface area contributed by atoms with Crippen LogP contribution in [0.5, 0.6) is 0 Å². The van der Waals surface area contributed by atoms with Gasteiger partial charge in [0.2, 0.25) is 0 Å². The average Bonchev–Trinajstić information content (AvgIpc) is 2.61. The van der Waals surface area contributed by atoms with Crippen LogP contribution in [-0.4, -0.2) is 18.2 Å². The fraction of sp³-hybridized carbons (Fsp3) is 0.214. The predicted octanol–water partition coefficient (Wildman–Crippen LogP) is 2.78. The molecule has 0 aliphatic heterocycles. The summed E-state index contributed by atoms with van der Waals surface area (Å²) in [6.45, 7) is 4.21. The molecule has 2 rings (SSSR count). The molecule has 0 aliphatic rings. The third-order valence-corrected chi connectivity index (χ3v) is 3.09.